The summed E-state index contributed by atoms with van der Waals surface area (Å²) in [6.07, 6.45) is 2.55. The predicted molar refractivity (Wildman–Crippen MR) is 51.8 cm³/mol. The van der Waals surface area contributed by atoms with Crippen molar-refractivity contribution in [3.63, 3.8) is 0 Å². The summed E-state index contributed by atoms with van der Waals surface area (Å²) in [5, 5.41) is 0. The molecule has 2 aliphatic carbocycles. The van der Waals surface area contributed by atoms with Crippen molar-refractivity contribution in [3.8, 4) is 0 Å². The van der Waals surface area contributed by atoms with Crippen molar-refractivity contribution in [1.29, 1.82) is 0 Å². The number of carbonyl (C=O) groups is 2. The van der Waals surface area contributed by atoms with Gasteiger partial charge in [-0.05, 0) is 31.1 Å². The van der Waals surface area contributed by atoms with Crippen LogP contribution in [0.3, 0.4) is 0 Å². The molecular weight excluding hydrogens is 196 g/mol. The van der Waals surface area contributed by atoms with Gasteiger partial charge in [-0.1, -0.05) is 0 Å². The van der Waals surface area contributed by atoms with E-state index in [2.05, 4.69) is 0 Å². The SMILES string of the molecule is COC(=O)[C@@H]1C[C@@H]2C[C@H]1C[C@H]2C(=O)OC. The topological polar surface area (TPSA) is 52.6 Å². The minimum absolute atomic E-state index is 0.0147. The number of carbonyl (C=O) groups excluding carboxylic acids is 2. The Bertz CT molecular complexity index is 258. The third-order valence-electron chi connectivity index (χ3n) is 3.86. The first-order valence-corrected chi connectivity index (χ1v) is 5.33. The molecule has 4 heteroatoms. The van der Waals surface area contributed by atoms with E-state index >= 15 is 0 Å². The lowest BCUT2D eigenvalue weighted by molar-refractivity contribution is -0.152. The van der Waals surface area contributed by atoms with E-state index in [9.17, 15) is 9.59 Å². The molecular formula is C11H16O4. The van der Waals surface area contributed by atoms with Crippen LogP contribution in [-0.4, -0.2) is 26.2 Å². The number of fused-ring (bicyclic) bond motifs is 2. The van der Waals surface area contributed by atoms with Crippen molar-refractivity contribution < 1.29 is 19.1 Å². The second-order valence-electron chi connectivity index (χ2n) is 4.49. The van der Waals surface area contributed by atoms with Gasteiger partial charge in [-0.15, -0.1) is 0 Å². The van der Waals surface area contributed by atoms with Crippen LogP contribution < -0.4 is 0 Å². The van der Waals surface area contributed by atoms with Crippen LogP contribution in [-0.2, 0) is 19.1 Å². The molecule has 2 aliphatic rings. The first-order chi connectivity index (χ1) is 7.17. The monoisotopic (exact) mass is 212 g/mol. The Labute approximate surface area is 88.9 Å². The molecule has 2 saturated carbocycles. The van der Waals surface area contributed by atoms with Crippen LogP contribution in [0.2, 0.25) is 0 Å². The number of methoxy groups -OCH3 is 2. The number of rotatable bonds is 2. The first-order valence-electron chi connectivity index (χ1n) is 5.33. The Balaban J connectivity index is 2.00. The zero-order valence-corrected chi connectivity index (χ0v) is 9.06. The molecule has 2 fully saturated rings. The molecule has 0 aliphatic heterocycles. The highest BCUT2D eigenvalue weighted by atomic mass is 16.5. The normalized spacial score (nSPS) is 37.7. The van der Waals surface area contributed by atoms with Crippen LogP contribution in [0.5, 0.6) is 0 Å². The van der Waals surface area contributed by atoms with Crippen molar-refractivity contribution in [2.24, 2.45) is 23.7 Å². The molecule has 4 atom stereocenters. The van der Waals surface area contributed by atoms with Gasteiger partial charge in [-0.2, -0.15) is 0 Å². The largest absolute Gasteiger partial charge is 0.469 e. The molecule has 0 aromatic heterocycles. The smallest absolute Gasteiger partial charge is 0.308 e. The lowest BCUT2D eigenvalue weighted by Crippen LogP contribution is -2.29. The van der Waals surface area contributed by atoms with E-state index in [1.165, 1.54) is 14.2 Å². The van der Waals surface area contributed by atoms with E-state index in [-0.39, 0.29) is 23.8 Å². The second kappa shape index (κ2) is 3.83. The van der Waals surface area contributed by atoms with Gasteiger partial charge in [0.25, 0.3) is 0 Å². The molecule has 0 saturated heterocycles. The number of esters is 2. The molecule has 84 valence electrons. The van der Waals surface area contributed by atoms with Gasteiger partial charge in [0.15, 0.2) is 0 Å². The minimum Gasteiger partial charge on any atom is -0.469 e. The summed E-state index contributed by atoms with van der Waals surface area (Å²) in [6, 6.07) is 0. The highest BCUT2D eigenvalue weighted by molar-refractivity contribution is 5.76. The molecule has 2 rings (SSSR count). The number of hydrogen-bond acceptors (Lipinski definition) is 4. The molecule has 0 spiro atoms. The lowest BCUT2D eigenvalue weighted by Gasteiger charge is -2.24. The van der Waals surface area contributed by atoms with Crippen LogP contribution >= 0.6 is 0 Å². The Hall–Kier alpha value is -1.06. The highest BCUT2D eigenvalue weighted by Crippen LogP contribution is 2.52. The molecule has 0 aromatic rings. The molecule has 0 radical (unpaired) electrons. The maximum Gasteiger partial charge on any atom is 0.308 e. The number of hydrogen-bond donors (Lipinski definition) is 0. The van der Waals surface area contributed by atoms with Crippen molar-refractivity contribution in [1.82, 2.24) is 0 Å². The summed E-state index contributed by atoms with van der Waals surface area (Å²) in [7, 11) is 2.85. The van der Waals surface area contributed by atoms with Gasteiger partial charge in [0, 0.05) is 0 Å². The molecule has 0 unspecified atom stereocenters. The third kappa shape index (κ3) is 1.62. The fourth-order valence-electron chi connectivity index (χ4n) is 3.16. The highest BCUT2D eigenvalue weighted by Gasteiger charge is 2.51. The summed E-state index contributed by atoms with van der Waals surface area (Å²) >= 11 is 0. The Morgan fingerprint density at radius 2 is 1.27 bits per heavy atom. The lowest BCUT2D eigenvalue weighted by atomic mass is 9.82. The predicted octanol–water partition coefficient (Wildman–Crippen LogP) is 0.995. The Kier molecular flexibility index (Phi) is 2.67. The first kappa shape index (κ1) is 10.5. The summed E-state index contributed by atoms with van der Waals surface area (Å²) in [5.74, 6) is 0.441. The van der Waals surface area contributed by atoms with E-state index in [0.717, 1.165) is 19.3 Å². The molecule has 4 nitrogen and oxygen atoms in total. The molecule has 0 aromatic carbocycles. The summed E-state index contributed by atoms with van der Waals surface area (Å²) < 4.78 is 9.51. The van der Waals surface area contributed by atoms with Crippen LogP contribution in [0.4, 0.5) is 0 Å². The van der Waals surface area contributed by atoms with E-state index < -0.39 is 0 Å². The van der Waals surface area contributed by atoms with Gasteiger partial charge in [-0.3, -0.25) is 9.59 Å². The van der Waals surface area contributed by atoms with E-state index in [4.69, 9.17) is 9.47 Å². The standard InChI is InChI=1S/C11H16O4/c1-14-10(12)8-4-7-3-6(8)5-9(7)11(13)15-2/h6-9H,3-5H2,1-2H3/t6-,7-,8+,9+/m0/s1. The molecule has 2 bridgehead atoms. The van der Waals surface area contributed by atoms with E-state index in [1.807, 2.05) is 0 Å². The maximum absolute atomic E-state index is 11.4. The summed E-state index contributed by atoms with van der Waals surface area (Å²) in [5.41, 5.74) is 0. The second-order valence-corrected chi connectivity index (χ2v) is 4.49. The van der Waals surface area contributed by atoms with Crippen LogP contribution in [0.25, 0.3) is 0 Å². The van der Waals surface area contributed by atoms with Crippen LogP contribution in [0.15, 0.2) is 0 Å². The summed E-state index contributed by atoms with van der Waals surface area (Å²) in [6.45, 7) is 0. The van der Waals surface area contributed by atoms with E-state index in [0.29, 0.717) is 11.8 Å². The van der Waals surface area contributed by atoms with Gasteiger partial charge in [-0.25, -0.2) is 0 Å². The minimum atomic E-state index is -0.120. The molecule has 0 heterocycles. The molecule has 0 amide bonds. The number of ether oxygens (including phenoxy) is 2. The van der Waals surface area contributed by atoms with Crippen LogP contribution in [0.1, 0.15) is 19.3 Å². The van der Waals surface area contributed by atoms with Crippen molar-refractivity contribution in [2.45, 2.75) is 19.3 Å². The molecule has 0 N–H and O–H groups in total. The van der Waals surface area contributed by atoms with Gasteiger partial charge < -0.3 is 9.47 Å². The van der Waals surface area contributed by atoms with Gasteiger partial charge in [0.2, 0.25) is 0 Å². The van der Waals surface area contributed by atoms with Gasteiger partial charge in [0.05, 0.1) is 26.1 Å². The van der Waals surface area contributed by atoms with Crippen LogP contribution in [0, 0.1) is 23.7 Å². The zero-order valence-electron chi connectivity index (χ0n) is 9.06. The van der Waals surface area contributed by atoms with E-state index in [1.54, 1.807) is 0 Å². The average Bonchev–Trinajstić information content (AvgIpc) is 2.85. The molecule has 15 heavy (non-hydrogen) atoms. The fraction of sp³-hybridized carbons (Fsp3) is 0.818. The quantitative estimate of drug-likeness (QED) is 0.641. The van der Waals surface area contributed by atoms with Crippen molar-refractivity contribution >= 4 is 11.9 Å². The van der Waals surface area contributed by atoms with Crippen molar-refractivity contribution in [3.05, 3.63) is 0 Å². The Morgan fingerprint density at radius 3 is 1.53 bits per heavy atom. The zero-order chi connectivity index (χ0) is 11.0. The summed E-state index contributed by atoms with van der Waals surface area (Å²) in [4.78, 5) is 22.8. The third-order valence-corrected chi connectivity index (χ3v) is 3.86. The maximum atomic E-state index is 11.4. The average molecular weight is 212 g/mol. The van der Waals surface area contributed by atoms with Gasteiger partial charge in [0.1, 0.15) is 0 Å². The fourth-order valence-corrected chi connectivity index (χ4v) is 3.16. The van der Waals surface area contributed by atoms with Gasteiger partial charge >= 0.3 is 11.9 Å². The Morgan fingerprint density at radius 1 is 0.867 bits per heavy atom. The van der Waals surface area contributed by atoms with Crippen molar-refractivity contribution in [2.75, 3.05) is 14.2 Å².